The van der Waals surface area contributed by atoms with Gasteiger partial charge in [0.2, 0.25) is 0 Å². The molecule has 0 amide bonds. The van der Waals surface area contributed by atoms with Crippen LogP contribution in [0, 0.1) is 0 Å². The quantitative estimate of drug-likeness (QED) is 0.844. The molecular weight excluding hydrogens is 294 g/mol. The van der Waals surface area contributed by atoms with Crippen LogP contribution in [0.1, 0.15) is 45.2 Å². The summed E-state index contributed by atoms with van der Waals surface area (Å²) < 4.78 is 6.10. The molecular formula is C17H23N3OS. The molecule has 118 valence electrons. The van der Waals surface area contributed by atoms with Crippen molar-refractivity contribution in [2.24, 2.45) is 0 Å². The first kappa shape index (κ1) is 15.4. The Morgan fingerprint density at radius 1 is 1.27 bits per heavy atom. The molecule has 1 aliphatic heterocycles. The fourth-order valence-electron chi connectivity index (χ4n) is 2.67. The number of aromatic nitrogens is 2. The van der Waals surface area contributed by atoms with Crippen molar-refractivity contribution in [1.82, 2.24) is 9.97 Å². The summed E-state index contributed by atoms with van der Waals surface area (Å²) in [6.45, 7) is 10.2. The number of anilines is 1. The normalized spacial score (nSPS) is 22.8. The number of morpholine rings is 1. The van der Waals surface area contributed by atoms with Gasteiger partial charge in [0.1, 0.15) is 17.7 Å². The van der Waals surface area contributed by atoms with E-state index in [0.717, 1.165) is 24.7 Å². The van der Waals surface area contributed by atoms with Crippen LogP contribution in [0.15, 0.2) is 29.1 Å². The van der Waals surface area contributed by atoms with E-state index in [9.17, 15) is 0 Å². The van der Waals surface area contributed by atoms with E-state index in [1.165, 1.54) is 5.56 Å². The lowest BCUT2D eigenvalue weighted by atomic mass is 9.96. The van der Waals surface area contributed by atoms with Gasteiger partial charge < -0.3 is 9.64 Å². The van der Waals surface area contributed by atoms with Gasteiger partial charge >= 0.3 is 0 Å². The van der Waals surface area contributed by atoms with Crippen LogP contribution in [0.4, 0.5) is 5.82 Å². The summed E-state index contributed by atoms with van der Waals surface area (Å²) in [6, 6.07) is 4.14. The van der Waals surface area contributed by atoms with Crippen molar-refractivity contribution in [2.45, 2.75) is 45.3 Å². The molecule has 2 unspecified atom stereocenters. The van der Waals surface area contributed by atoms with Crippen LogP contribution in [0.3, 0.4) is 0 Å². The van der Waals surface area contributed by atoms with E-state index in [1.807, 2.05) is 12.3 Å². The monoisotopic (exact) mass is 317 g/mol. The number of hydrogen-bond donors (Lipinski definition) is 0. The minimum absolute atomic E-state index is 0.0410. The van der Waals surface area contributed by atoms with Gasteiger partial charge in [-0.1, -0.05) is 20.8 Å². The van der Waals surface area contributed by atoms with Crippen LogP contribution < -0.4 is 4.90 Å². The van der Waals surface area contributed by atoms with Crippen LogP contribution in [0.5, 0.6) is 0 Å². The Labute approximate surface area is 136 Å². The van der Waals surface area contributed by atoms with Crippen LogP contribution in [0.2, 0.25) is 0 Å². The third-order valence-electron chi connectivity index (χ3n) is 3.81. The highest BCUT2D eigenvalue weighted by Gasteiger charge is 2.28. The Balaban J connectivity index is 1.85. The summed E-state index contributed by atoms with van der Waals surface area (Å²) in [5.74, 6) is 1.88. The number of hydrogen-bond acceptors (Lipinski definition) is 5. The van der Waals surface area contributed by atoms with Crippen molar-refractivity contribution < 1.29 is 4.74 Å². The highest BCUT2D eigenvalue weighted by molar-refractivity contribution is 7.07. The Morgan fingerprint density at radius 2 is 2.09 bits per heavy atom. The van der Waals surface area contributed by atoms with Gasteiger partial charge in [-0.05, 0) is 35.4 Å². The molecule has 4 nitrogen and oxygen atoms in total. The van der Waals surface area contributed by atoms with E-state index in [1.54, 1.807) is 11.3 Å². The van der Waals surface area contributed by atoms with Gasteiger partial charge in [0.15, 0.2) is 0 Å². The number of rotatable bonds is 2. The van der Waals surface area contributed by atoms with Gasteiger partial charge in [-0.2, -0.15) is 11.3 Å². The van der Waals surface area contributed by atoms with E-state index in [4.69, 9.17) is 9.72 Å². The maximum Gasteiger partial charge on any atom is 0.135 e. The van der Waals surface area contributed by atoms with Crippen LogP contribution in [0.25, 0.3) is 0 Å². The number of nitrogens with zero attached hydrogens (tertiary/aromatic N) is 3. The second-order valence-electron chi connectivity index (χ2n) is 6.89. The summed E-state index contributed by atoms with van der Waals surface area (Å²) >= 11 is 1.71. The highest BCUT2D eigenvalue weighted by atomic mass is 32.1. The molecule has 2 aromatic heterocycles. The summed E-state index contributed by atoms with van der Waals surface area (Å²) in [4.78, 5) is 11.5. The Kier molecular flexibility index (Phi) is 4.19. The Bertz CT molecular complexity index is 621. The minimum Gasteiger partial charge on any atom is -0.367 e. The van der Waals surface area contributed by atoms with Crippen LogP contribution >= 0.6 is 11.3 Å². The Morgan fingerprint density at radius 3 is 2.77 bits per heavy atom. The van der Waals surface area contributed by atoms with Gasteiger partial charge in [0, 0.05) is 24.7 Å². The molecule has 3 rings (SSSR count). The zero-order valence-electron chi connectivity index (χ0n) is 13.6. The predicted octanol–water partition coefficient (Wildman–Crippen LogP) is 3.80. The predicted molar refractivity (Wildman–Crippen MR) is 90.6 cm³/mol. The van der Waals surface area contributed by atoms with Crippen LogP contribution in [-0.4, -0.2) is 29.2 Å². The first-order chi connectivity index (χ1) is 10.4. The average molecular weight is 317 g/mol. The van der Waals surface area contributed by atoms with E-state index >= 15 is 0 Å². The van der Waals surface area contributed by atoms with Gasteiger partial charge in [0.05, 0.1) is 6.10 Å². The molecule has 0 radical (unpaired) electrons. The molecule has 0 bridgehead atoms. The van der Waals surface area contributed by atoms with Crippen LogP contribution in [-0.2, 0) is 10.2 Å². The lowest BCUT2D eigenvalue weighted by molar-refractivity contribution is -0.0174. The van der Waals surface area contributed by atoms with Gasteiger partial charge in [-0.25, -0.2) is 9.97 Å². The molecule has 3 heterocycles. The van der Waals surface area contributed by atoms with Gasteiger partial charge in [0.25, 0.3) is 0 Å². The smallest absolute Gasteiger partial charge is 0.135 e. The zero-order valence-corrected chi connectivity index (χ0v) is 14.4. The van der Waals surface area contributed by atoms with Crippen molar-refractivity contribution in [3.8, 4) is 0 Å². The molecule has 0 aliphatic carbocycles. The van der Waals surface area contributed by atoms with E-state index in [-0.39, 0.29) is 17.6 Å². The standard InChI is InChI=1S/C17H23N3OS/c1-12-9-20(10-14(21-12)13-6-8-22-11-13)15-5-7-18-16(19-15)17(2,3)4/h5-8,11-12,14H,9-10H2,1-4H3. The molecule has 5 heteroatoms. The molecule has 1 saturated heterocycles. The van der Waals surface area contributed by atoms with Gasteiger partial charge in [-0.3, -0.25) is 0 Å². The topological polar surface area (TPSA) is 38.2 Å². The molecule has 22 heavy (non-hydrogen) atoms. The molecule has 2 aromatic rings. The molecule has 0 N–H and O–H groups in total. The lowest BCUT2D eigenvalue weighted by Gasteiger charge is -2.37. The van der Waals surface area contributed by atoms with Crippen molar-refractivity contribution in [3.63, 3.8) is 0 Å². The highest BCUT2D eigenvalue weighted by Crippen LogP contribution is 2.29. The first-order valence-corrected chi connectivity index (χ1v) is 8.64. The largest absolute Gasteiger partial charge is 0.367 e. The summed E-state index contributed by atoms with van der Waals surface area (Å²) in [7, 11) is 0. The summed E-state index contributed by atoms with van der Waals surface area (Å²) in [5, 5.41) is 4.27. The summed E-state index contributed by atoms with van der Waals surface area (Å²) in [5.41, 5.74) is 1.22. The lowest BCUT2D eigenvalue weighted by Crippen LogP contribution is -2.43. The fourth-order valence-corrected chi connectivity index (χ4v) is 3.37. The van der Waals surface area contributed by atoms with E-state index in [0.29, 0.717) is 0 Å². The molecule has 2 atom stereocenters. The molecule has 0 saturated carbocycles. The second kappa shape index (κ2) is 5.97. The zero-order chi connectivity index (χ0) is 15.7. The number of ether oxygens (including phenoxy) is 1. The maximum atomic E-state index is 6.10. The van der Waals surface area contributed by atoms with E-state index < -0.39 is 0 Å². The third-order valence-corrected chi connectivity index (χ3v) is 4.51. The van der Waals surface area contributed by atoms with Gasteiger partial charge in [-0.15, -0.1) is 0 Å². The second-order valence-corrected chi connectivity index (χ2v) is 7.67. The van der Waals surface area contributed by atoms with E-state index in [2.05, 4.69) is 54.4 Å². The van der Waals surface area contributed by atoms with Crippen molar-refractivity contribution in [2.75, 3.05) is 18.0 Å². The Hall–Kier alpha value is -1.46. The average Bonchev–Trinajstić information content (AvgIpc) is 3.00. The van der Waals surface area contributed by atoms with Crippen molar-refractivity contribution in [1.29, 1.82) is 0 Å². The third kappa shape index (κ3) is 3.31. The molecule has 1 aliphatic rings. The fraction of sp³-hybridized carbons (Fsp3) is 0.529. The van der Waals surface area contributed by atoms with Crippen molar-refractivity contribution >= 4 is 17.2 Å². The SMILES string of the molecule is CC1CN(c2ccnc(C(C)(C)C)n2)CC(c2ccsc2)O1. The maximum absolute atomic E-state index is 6.10. The molecule has 1 fully saturated rings. The first-order valence-electron chi connectivity index (χ1n) is 7.69. The minimum atomic E-state index is -0.0410. The molecule has 0 spiro atoms. The summed E-state index contributed by atoms with van der Waals surface area (Å²) in [6.07, 6.45) is 2.16. The number of thiophene rings is 1. The van der Waals surface area contributed by atoms with Crippen molar-refractivity contribution in [3.05, 3.63) is 40.5 Å². The molecule has 0 aromatic carbocycles.